The van der Waals surface area contributed by atoms with Crippen LogP contribution in [0.3, 0.4) is 0 Å². The minimum absolute atomic E-state index is 0.0159. The number of hydrogen-bond donors (Lipinski definition) is 2. The molecular weight excluding hydrogens is 328 g/mol. The Morgan fingerprint density at radius 2 is 1.96 bits per heavy atom. The normalized spacial score (nSPS) is 21.4. The van der Waals surface area contributed by atoms with Gasteiger partial charge in [-0.2, -0.15) is 0 Å². The van der Waals surface area contributed by atoms with Crippen molar-refractivity contribution in [2.75, 3.05) is 51.1 Å². The maximum absolute atomic E-state index is 12.6. The van der Waals surface area contributed by atoms with Gasteiger partial charge < -0.3 is 15.5 Å². The van der Waals surface area contributed by atoms with Gasteiger partial charge in [-0.15, -0.1) is 0 Å². The highest BCUT2D eigenvalue weighted by Gasteiger charge is 2.28. The molecule has 2 amide bonds. The van der Waals surface area contributed by atoms with Crippen molar-refractivity contribution in [3.63, 3.8) is 0 Å². The predicted octanol–water partition coefficient (Wildman–Crippen LogP) is 1.33. The van der Waals surface area contributed by atoms with Crippen molar-refractivity contribution in [2.24, 2.45) is 5.92 Å². The number of piperidine rings is 1. The molecule has 3 rings (SSSR count). The molecule has 0 aromatic heterocycles. The molecule has 2 aliphatic rings. The fourth-order valence-corrected chi connectivity index (χ4v) is 3.79. The summed E-state index contributed by atoms with van der Waals surface area (Å²) in [7, 11) is 0. The number of hydrogen-bond acceptors (Lipinski definition) is 4. The molecule has 142 valence electrons. The highest BCUT2D eigenvalue weighted by molar-refractivity contribution is 5.93. The second-order valence-corrected chi connectivity index (χ2v) is 7.20. The number of piperazine rings is 1. The van der Waals surface area contributed by atoms with Crippen molar-refractivity contribution in [1.29, 1.82) is 0 Å². The predicted molar refractivity (Wildman–Crippen MR) is 103 cm³/mol. The average molecular weight is 358 g/mol. The van der Waals surface area contributed by atoms with Gasteiger partial charge in [0.1, 0.15) is 0 Å². The van der Waals surface area contributed by atoms with Crippen molar-refractivity contribution in [3.8, 4) is 0 Å². The molecule has 2 saturated heterocycles. The van der Waals surface area contributed by atoms with Crippen LogP contribution in [0.25, 0.3) is 0 Å². The van der Waals surface area contributed by atoms with Crippen LogP contribution < -0.4 is 10.6 Å². The summed E-state index contributed by atoms with van der Waals surface area (Å²) < 4.78 is 0. The van der Waals surface area contributed by atoms with Crippen LogP contribution in [0, 0.1) is 5.92 Å². The van der Waals surface area contributed by atoms with Gasteiger partial charge in [-0.25, -0.2) is 0 Å². The Balaban J connectivity index is 1.44. The maximum Gasteiger partial charge on any atom is 0.238 e. The number of carbonyl (C=O) groups is 2. The zero-order valence-corrected chi connectivity index (χ0v) is 15.7. The molecule has 6 nitrogen and oxygen atoms in total. The fourth-order valence-electron chi connectivity index (χ4n) is 3.79. The molecule has 2 heterocycles. The van der Waals surface area contributed by atoms with E-state index in [-0.39, 0.29) is 17.7 Å². The molecule has 2 N–H and O–H groups in total. The molecule has 1 unspecified atom stereocenters. The number of nitrogens with zero attached hydrogens (tertiary/aromatic N) is 2. The zero-order valence-electron chi connectivity index (χ0n) is 15.7. The van der Waals surface area contributed by atoms with Gasteiger partial charge in [0.2, 0.25) is 11.8 Å². The Hall–Kier alpha value is -1.92. The number of anilines is 1. The molecule has 1 aromatic rings. The number of aryl methyl sites for hydroxylation is 1. The third-order valence-corrected chi connectivity index (χ3v) is 5.37. The monoisotopic (exact) mass is 358 g/mol. The van der Waals surface area contributed by atoms with E-state index in [9.17, 15) is 9.59 Å². The number of rotatable bonds is 5. The summed E-state index contributed by atoms with van der Waals surface area (Å²) >= 11 is 0. The van der Waals surface area contributed by atoms with E-state index >= 15 is 0 Å². The minimum Gasteiger partial charge on any atom is -0.340 e. The van der Waals surface area contributed by atoms with Crippen molar-refractivity contribution in [1.82, 2.24) is 15.1 Å². The van der Waals surface area contributed by atoms with Crippen molar-refractivity contribution in [3.05, 3.63) is 29.8 Å². The van der Waals surface area contributed by atoms with Crippen LogP contribution in [0.15, 0.2) is 24.3 Å². The lowest BCUT2D eigenvalue weighted by molar-refractivity contribution is -0.137. The number of carbonyl (C=O) groups excluding carboxylic acids is 2. The lowest BCUT2D eigenvalue weighted by Crippen LogP contribution is -2.53. The van der Waals surface area contributed by atoms with Gasteiger partial charge in [0.25, 0.3) is 0 Å². The molecule has 1 aromatic carbocycles. The minimum atomic E-state index is 0.0159. The van der Waals surface area contributed by atoms with E-state index in [4.69, 9.17) is 0 Å². The van der Waals surface area contributed by atoms with Gasteiger partial charge in [-0.1, -0.05) is 25.1 Å². The van der Waals surface area contributed by atoms with Gasteiger partial charge in [0.05, 0.1) is 12.5 Å². The Bertz CT molecular complexity index is 620. The molecule has 0 spiro atoms. The van der Waals surface area contributed by atoms with Crippen LogP contribution in [0.1, 0.15) is 25.3 Å². The van der Waals surface area contributed by atoms with Crippen molar-refractivity contribution < 1.29 is 9.59 Å². The van der Waals surface area contributed by atoms with Crippen LogP contribution in [0.2, 0.25) is 0 Å². The lowest BCUT2D eigenvalue weighted by Gasteiger charge is -2.37. The summed E-state index contributed by atoms with van der Waals surface area (Å²) in [6.07, 6.45) is 2.97. The molecule has 6 heteroatoms. The topological polar surface area (TPSA) is 64.7 Å². The van der Waals surface area contributed by atoms with E-state index in [2.05, 4.69) is 22.5 Å². The number of amides is 2. The van der Waals surface area contributed by atoms with Gasteiger partial charge >= 0.3 is 0 Å². The molecule has 0 radical (unpaired) electrons. The first-order valence-electron chi connectivity index (χ1n) is 9.77. The van der Waals surface area contributed by atoms with E-state index < -0.39 is 0 Å². The Kier molecular flexibility index (Phi) is 6.63. The molecule has 1 atom stereocenters. The van der Waals surface area contributed by atoms with Crippen LogP contribution in [0.4, 0.5) is 5.69 Å². The molecule has 26 heavy (non-hydrogen) atoms. The quantitative estimate of drug-likeness (QED) is 0.834. The second kappa shape index (κ2) is 9.14. The highest BCUT2D eigenvalue weighted by Crippen LogP contribution is 2.17. The lowest BCUT2D eigenvalue weighted by atomic mass is 9.98. The van der Waals surface area contributed by atoms with Crippen molar-refractivity contribution >= 4 is 17.5 Å². The first-order chi connectivity index (χ1) is 12.7. The number of para-hydroxylation sites is 1. The van der Waals surface area contributed by atoms with Gasteiger partial charge in [0.15, 0.2) is 0 Å². The largest absolute Gasteiger partial charge is 0.340 e. The first-order valence-corrected chi connectivity index (χ1v) is 9.77. The van der Waals surface area contributed by atoms with Gasteiger partial charge in [-0.3, -0.25) is 14.5 Å². The summed E-state index contributed by atoms with van der Waals surface area (Å²) in [6, 6.07) is 7.93. The van der Waals surface area contributed by atoms with Crippen LogP contribution in [0.5, 0.6) is 0 Å². The average Bonchev–Trinajstić information content (AvgIpc) is 2.69. The Labute approximate surface area is 155 Å². The summed E-state index contributed by atoms with van der Waals surface area (Å²) in [5.41, 5.74) is 2.05. The molecular formula is C20H30N4O2. The van der Waals surface area contributed by atoms with E-state index in [1.54, 1.807) is 0 Å². The van der Waals surface area contributed by atoms with E-state index in [0.717, 1.165) is 56.7 Å². The van der Waals surface area contributed by atoms with E-state index in [1.165, 1.54) is 0 Å². The smallest absolute Gasteiger partial charge is 0.238 e. The molecule has 0 bridgehead atoms. The first kappa shape index (κ1) is 18.9. The summed E-state index contributed by atoms with van der Waals surface area (Å²) in [4.78, 5) is 29.1. The number of benzene rings is 1. The number of nitrogens with one attached hydrogen (secondary N) is 2. The Morgan fingerprint density at radius 1 is 1.19 bits per heavy atom. The molecule has 0 aliphatic carbocycles. The second-order valence-electron chi connectivity index (χ2n) is 7.20. The van der Waals surface area contributed by atoms with Gasteiger partial charge in [-0.05, 0) is 37.4 Å². The summed E-state index contributed by atoms with van der Waals surface area (Å²) in [6.45, 7) is 7.24. The molecule has 2 aliphatic heterocycles. The summed E-state index contributed by atoms with van der Waals surface area (Å²) in [5, 5.41) is 6.34. The molecule has 2 fully saturated rings. The van der Waals surface area contributed by atoms with Crippen LogP contribution in [-0.2, 0) is 16.0 Å². The van der Waals surface area contributed by atoms with Crippen LogP contribution in [-0.4, -0.2) is 67.4 Å². The van der Waals surface area contributed by atoms with E-state index in [1.807, 2.05) is 29.2 Å². The SMILES string of the molecule is CCc1ccccc1NC(=O)CN1CCN(C(=O)C2CCCNC2)CC1. The highest BCUT2D eigenvalue weighted by atomic mass is 16.2. The van der Waals surface area contributed by atoms with Gasteiger partial charge in [0, 0.05) is 38.4 Å². The molecule has 0 saturated carbocycles. The summed E-state index contributed by atoms with van der Waals surface area (Å²) in [5.74, 6) is 0.421. The third kappa shape index (κ3) is 4.83. The van der Waals surface area contributed by atoms with Crippen molar-refractivity contribution in [2.45, 2.75) is 26.2 Å². The Morgan fingerprint density at radius 3 is 2.65 bits per heavy atom. The maximum atomic E-state index is 12.6. The van der Waals surface area contributed by atoms with E-state index in [0.29, 0.717) is 19.6 Å². The standard InChI is InChI=1S/C20H30N4O2/c1-2-16-6-3-4-8-18(16)22-19(25)15-23-10-12-24(13-11-23)20(26)17-7-5-9-21-14-17/h3-4,6,8,17,21H,2,5,7,9-15H2,1H3,(H,22,25). The third-order valence-electron chi connectivity index (χ3n) is 5.37. The fraction of sp³-hybridized carbons (Fsp3) is 0.600. The van der Waals surface area contributed by atoms with Crippen LogP contribution >= 0.6 is 0 Å². The zero-order chi connectivity index (χ0) is 18.4.